The van der Waals surface area contributed by atoms with E-state index in [9.17, 15) is 4.79 Å². The number of rotatable bonds is 7. The van der Waals surface area contributed by atoms with Crippen LogP contribution in [0.2, 0.25) is 10.0 Å². The van der Waals surface area contributed by atoms with E-state index in [4.69, 9.17) is 27.9 Å². The Morgan fingerprint density at radius 1 is 1.13 bits per heavy atom. The zero-order valence-corrected chi connectivity index (χ0v) is 19.1. The summed E-state index contributed by atoms with van der Waals surface area (Å²) in [6.45, 7) is 0.664. The Morgan fingerprint density at radius 2 is 2.00 bits per heavy atom. The van der Waals surface area contributed by atoms with E-state index >= 15 is 0 Å². The highest BCUT2D eigenvalue weighted by Gasteiger charge is 2.11. The number of hydrogen-bond donors (Lipinski definition) is 1. The quantitative estimate of drug-likeness (QED) is 0.350. The fourth-order valence-corrected chi connectivity index (χ4v) is 3.72. The molecule has 2 aromatic heterocycles. The Hall–Kier alpha value is -2.81. The van der Waals surface area contributed by atoms with Gasteiger partial charge in [-0.25, -0.2) is 4.68 Å². The van der Waals surface area contributed by atoms with E-state index in [0.29, 0.717) is 28.0 Å². The lowest BCUT2D eigenvalue weighted by atomic mass is 10.2. The van der Waals surface area contributed by atoms with Crippen LogP contribution in [0, 0.1) is 0 Å². The van der Waals surface area contributed by atoms with Gasteiger partial charge in [0, 0.05) is 22.6 Å². The van der Waals surface area contributed by atoms with Gasteiger partial charge in [-0.3, -0.25) is 9.48 Å². The second kappa shape index (κ2) is 9.55. The fraction of sp³-hybridized carbons (Fsp3) is 0.0952. The van der Waals surface area contributed by atoms with Crippen LogP contribution in [0.1, 0.15) is 16.1 Å². The minimum Gasteiger partial charge on any atom is -0.470 e. The normalized spacial score (nSPS) is 10.8. The Kier molecular flexibility index (Phi) is 6.60. The molecule has 4 rings (SSSR count). The highest BCUT2D eigenvalue weighted by Crippen LogP contribution is 2.27. The summed E-state index contributed by atoms with van der Waals surface area (Å²) >= 11 is 15.4. The molecule has 0 aliphatic rings. The number of anilines is 1. The molecule has 0 aliphatic carbocycles. The second-order valence-electron chi connectivity index (χ2n) is 6.60. The van der Waals surface area contributed by atoms with Crippen LogP contribution in [0.5, 0.6) is 5.75 Å². The standard InChI is InChI=1S/C21H16BrCl2N5O2/c22-15-4-5-20(18(24)9-15)31-13-28-7-6-19(27-28)21(30)26-17-3-1-2-14(8-17)11-29-12-16(23)10-25-29/h1-10,12H,11,13H2,(H,26,30). The first-order valence-electron chi connectivity index (χ1n) is 9.16. The molecule has 31 heavy (non-hydrogen) atoms. The van der Waals surface area contributed by atoms with Crippen molar-refractivity contribution in [2.45, 2.75) is 13.3 Å². The van der Waals surface area contributed by atoms with Crippen molar-refractivity contribution in [2.75, 3.05) is 5.32 Å². The highest BCUT2D eigenvalue weighted by atomic mass is 79.9. The molecule has 0 spiro atoms. The number of benzene rings is 2. The van der Waals surface area contributed by atoms with Gasteiger partial charge in [0.2, 0.25) is 0 Å². The van der Waals surface area contributed by atoms with Crippen LogP contribution in [-0.2, 0) is 13.3 Å². The monoisotopic (exact) mass is 519 g/mol. The van der Waals surface area contributed by atoms with Crippen LogP contribution >= 0.6 is 39.1 Å². The first kappa shape index (κ1) is 21.4. The molecular formula is C21H16BrCl2N5O2. The van der Waals surface area contributed by atoms with Gasteiger partial charge in [0.05, 0.1) is 22.8 Å². The van der Waals surface area contributed by atoms with Crippen molar-refractivity contribution in [1.82, 2.24) is 19.6 Å². The van der Waals surface area contributed by atoms with Crippen molar-refractivity contribution in [3.63, 3.8) is 0 Å². The van der Waals surface area contributed by atoms with Gasteiger partial charge in [0.1, 0.15) is 5.75 Å². The largest absolute Gasteiger partial charge is 0.470 e. The molecule has 1 amide bonds. The van der Waals surface area contributed by atoms with Gasteiger partial charge in [-0.15, -0.1) is 0 Å². The Labute approximate surface area is 196 Å². The second-order valence-corrected chi connectivity index (χ2v) is 8.36. The molecule has 4 aromatic rings. The Morgan fingerprint density at radius 3 is 2.77 bits per heavy atom. The van der Waals surface area contributed by atoms with E-state index < -0.39 is 0 Å². The van der Waals surface area contributed by atoms with E-state index in [1.54, 1.807) is 41.5 Å². The summed E-state index contributed by atoms with van der Waals surface area (Å²) in [6, 6.07) is 14.5. The Bertz CT molecular complexity index is 1220. The number of nitrogens with one attached hydrogen (secondary N) is 1. The molecule has 2 aromatic carbocycles. The fourth-order valence-electron chi connectivity index (χ4n) is 2.84. The summed E-state index contributed by atoms with van der Waals surface area (Å²) in [5.41, 5.74) is 1.91. The number of hydrogen-bond acceptors (Lipinski definition) is 4. The SMILES string of the molecule is O=C(Nc1cccc(Cn2cc(Cl)cn2)c1)c1ccn(COc2ccc(Br)cc2Cl)n1. The van der Waals surface area contributed by atoms with Crippen molar-refractivity contribution in [1.29, 1.82) is 0 Å². The molecule has 0 fully saturated rings. The maximum Gasteiger partial charge on any atom is 0.276 e. The zero-order valence-electron chi connectivity index (χ0n) is 16.0. The van der Waals surface area contributed by atoms with Crippen molar-refractivity contribution in [3.05, 3.63) is 92.9 Å². The van der Waals surface area contributed by atoms with Crippen LogP contribution < -0.4 is 10.1 Å². The molecule has 0 unspecified atom stereocenters. The van der Waals surface area contributed by atoms with Crippen LogP contribution in [0.25, 0.3) is 0 Å². The summed E-state index contributed by atoms with van der Waals surface area (Å²) in [7, 11) is 0. The molecule has 0 aliphatic heterocycles. The minimum absolute atomic E-state index is 0.122. The lowest BCUT2D eigenvalue weighted by Gasteiger charge is -2.08. The van der Waals surface area contributed by atoms with Gasteiger partial charge in [0.25, 0.3) is 5.91 Å². The summed E-state index contributed by atoms with van der Waals surface area (Å²) in [6.07, 6.45) is 4.99. The number of aromatic nitrogens is 4. The number of nitrogens with zero attached hydrogens (tertiary/aromatic N) is 4. The van der Waals surface area contributed by atoms with E-state index in [-0.39, 0.29) is 18.3 Å². The van der Waals surface area contributed by atoms with Crippen molar-refractivity contribution < 1.29 is 9.53 Å². The maximum atomic E-state index is 12.6. The van der Waals surface area contributed by atoms with Gasteiger partial charge in [-0.05, 0) is 42.0 Å². The van der Waals surface area contributed by atoms with Crippen LogP contribution in [-0.4, -0.2) is 25.5 Å². The van der Waals surface area contributed by atoms with Crippen molar-refractivity contribution in [3.8, 4) is 5.75 Å². The number of carbonyl (C=O) groups is 1. The molecule has 158 valence electrons. The lowest BCUT2D eigenvalue weighted by molar-refractivity contribution is 0.102. The predicted molar refractivity (Wildman–Crippen MR) is 123 cm³/mol. The number of ether oxygens (including phenoxy) is 1. The summed E-state index contributed by atoms with van der Waals surface area (Å²) < 4.78 is 9.77. The van der Waals surface area contributed by atoms with Gasteiger partial charge in [-0.2, -0.15) is 10.2 Å². The van der Waals surface area contributed by atoms with Gasteiger partial charge >= 0.3 is 0 Å². The summed E-state index contributed by atoms with van der Waals surface area (Å²) in [5, 5.41) is 12.3. The van der Waals surface area contributed by atoms with E-state index in [2.05, 4.69) is 31.4 Å². The molecule has 0 radical (unpaired) electrons. The van der Waals surface area contributed by atoms with Crippen molar-refractivity contribution in [2.24, 2.45) is 0 Å². The third kappa shape index (κ3) is 5.66. The highest BCUT2D eigenvalue weighted by molar-refractivity contribution is 9.10. The molecular weight excluding hydrogens is 505 g/mol. The molecule has 7 nitrogen and oxygen atoms in total. The molecule has 2 heterocycles. The van der Waals surface area contributed by atoms with Crippen molar-refractivity contribution >= 4 is 50.7 Å². The topological polar surface area (TPSA) is 74.0 Å². The molecule has 0 saturated carbocycles. The third-order valence-electron chi connectivity index (χ3n) is 4.25. The molecule has 0 saturated heterocycles. The third-order valence-corrected chi connectivity index (χ3v) is 5.23. The molecule has 1 N–H and O–H groups in total. The summed E-state index contributed by atoms with van der Waals surface area (Å²) in [5.74, 6) is 0.210. The van der Waals surface area contributed by atoms with Gasteiger partial charge < -0.3 is 10.1 Å². The number of halogens is 3. The van der Waals surface area contributed by atoms with Gasteiger partial charge in [0.15, 0.2) is 12.4 Å². The van der Waals surface area contributed by atoms with E-state index in [1.807, 2.05) is 30.3 Å². The number of carbonyl (C=O) groups excluding carboxylic acids is 1. The van der Waals surface area contributed by atoms with Crippen LogP contribution in [0.3, 0.4) is 0 Å². The number of amides is 1. The Balaban J connectivity index is 1.37. The van der Waals surface area contributed by atoms with E-state index in [1.165, 1.54) is 4.68 Å². The zero-order chi connectivity index (χ0) is 21.8. The lowest BCUT2D eigenvalue weighted by Crippen LogP contribution is -2.14. The molecule has 10 heteroatoms. The minimum atomic E-state index is -0.320. The maximum absolute atomic E-state index is 12.6. The first-order chi connectivity index (χ1) is 15.0. The van der Waals surface area contributed by atoms with Gasteiger partial charge in [-0.1, -0.05) is 51.3 Å². The average molecular weight is 521 g/mol. The predicted octanol–water partition coefficient (Wildman–Crippen LogP) is 5.49. The van der Waals surface area contributed by atoms with Crippen LogP contribution in [0.4, 0.5) is 5.69 Å². The first-order valence-corrected chi connectivity index (χ1v) is 10.7. The van der Waals surface area contributed by atoms with Crippen LogP contribution in [0.15, 0.2) is 71.6 Å². The molecule has 0 atom stereocenters. The molecule has 0 bridgehead atoms. The average Bonchev–Trinajstić information content (AvgIpc) is 3.37. The van der Waals surface area contributed by atoms with E-state index in [0.717, 1.165) is 10.0 Å². The smallest absolute Gasteiger partial charge is 0.276 e. The summed E-state index contributed by atoms with van der Waals surface area (Å²) in [4.78, 5) is 12.6.